The lowest BCUT2D eigenvalue weighted by molar-refractivity contribution is 0.122. The molecule has 0 aliphatic carbocycles. The molecule has 0 spiro atoms. The zero-order valence-electron chi connectivity index (χ0n) is 12.4. The molecule has 0 unspecified atom stereocenters. The molecule has 1 saturated heterocycles. The quantitative estimate of drug-likeness (QED) is 0.883. The van der Waals surface area contributed by atoms with Gasteiger partial charge >= 0.3 is 0 Å². The van der Waals surface area contributed by atoms with Gasteiger partial charge in [0.15, 0.2) is 0 Å². The largest absolute Gasteiger partial charge is 0.378 e. The first kappa shape index (κ1) is 14.4. The Balaban J connectivity index is 1.91. The molecule has 1 aliphatic heterocycles. The van der Waals surface area contributed by atoms with Gasteiger partial charge in [-0.3, -0.25) is 0 Å². The second-order valence-electron chi connectivity index (χ2n) is 5.86. The number of nitrogens with zero attached hydrogens (tertiary/aromatic N) is 1. The van der Waals surface area contributed by atoms with Crippen molar-refractivity contribution in [1.29, 1.82) is 0 Å². The predicted octanol–water partition coefficient (Wildman–Crippen LogP) is 2.80. The van der Waals surface area contributed by atoms with Crippen LogP contribution in [0.5, 0.6) is 0 Å². The van der Waals surface area contributed by atoms with Crippen LogP contribution in [0.2, 0.25) is 0 Å². The monoisotopic (exact) mass is 262 g/mol. The normalized spacial score (nSPS) is 16.7. The van der Waals surface area contributed by atoms with Crippen molar-refractivity contribution in [1.82, 2.24) is 5.32 Å². The fourth-order valence-electron chi connectivity index (χ4n) is 2.11. The van der Waals surface area contributed by atoms with Crippen LogP contribution in [-0.4, -0.2) is 31.8 Å². The molecule has 0 aromatic heterocycles. The third kappa shape index (κ3) is 4.22. The highest BCUT2D eigenvalue weighted by atomic mass is 16.5. The Morgan fingerprint density at radius 1 is 1.16 bits per heavy atom. The van der Waals surface area contributed by atoms with Crippen molar-refractivity contribution in [3.8, 4) is 0 Å². The Morgan fingerprint density at radius 3 is 2.37 bits per heavy atom. The van der Waals surface area contributed by atoms with Crippen LogP contribution in [0.4, 0.5) is 5.69 Å². The molecule has 2 rings (SSSR count). The molecule has 1 heterocycles. The van der Waals surface area contributed by atoms with Crippen LogP contribution in [0, 0.1) is 0 Å². The van der Waals surface area contributed by atoms with E-state index in [-0.39, 0.29) is 5.54 Å². The molecule has 106 valence electrons. The molecule has 1 aromatic rings. The summed E-state index contributed by atoms with van der Waals surface area (Å²) in [6, 6.07) is 8.90. The molecule has 1 fully saturated rings. The van der Waals surface area contributed by atoms with Crippen molar-refractivity contribution < 1.29 is 4.74 Å². The zero-order chi connectivity index (χ0) is 13.7. The van der Waals surface area contributed by atoms with Gasteiger partial charge in [-0.25, -0.2) is 0 Å². The molecular weight excluding hydrogens is 236 g/mol. The second kappa shape index (κ2) is 6.40. The summed E-state index contributed by atoms with van der Waals surface area (Å²) in [5, 5.41) is 3.59. The molecule has 3 heteroatoms. The predicted molar refractivity (Wildman–Crippen MR) is 80.7 cm³/mol. The molecule has 19 heavy (non-hydrogen) atoms. The van der Waals surface area contributed by atoms with Gasteiger partial charge in [-0.2, -0.15) is 0 Å². The Hall–Kier alpha value is -1.06. The minimum atomic E-state index is 0.211. The van der Waals surface area contributed by atoms with Crippen molar-refractivity contribution >= 4 is 5.69 Å². The van der Waals surface area contributed by atoms with E-state index in [0.29, 0.717) is 0 Å². The van der Waals surface area contributed by atoms with Gasteiger partial charge in [-0.15, -0.1) is 0 Å². The summed E-state index contributed by atoms with van der Waals surface area (Å²) in [4.78, 5) is 2.39. The third-order valence-corrected chi connectivity index (χ3v) is 3.97. The van der Waals surface area contributed by atoms with E-state index in [2.05, 4.69) is 55.3 Å². The van der Waals surface area contributed by atoms with E-state index in [1.54, 1.807) is 0 Å². The van der Waals surface area contributed by atoms with Gasteiger partial charge in [0.2, 0.25) is 0 Å². The molecule has 0 bridgehead atoms. The smallest absolute Gasteiger partial charge is 0.0642 e. The van der Waals surface area contributed by atoms with Gasteiger partial charge in [0.05, 0.1) is 13.2 Å². The van der Waals surface area contributed by atoms with Gasteiger partial charge < -0.3 is 15.0 Å². The number of hydrogen-bond acceptors (Lipinski definition) is 3. The van der Waals surface area contributed by atoms with Crippen LogP contribution < -0.4 is 10.2 Å². The van der Waals surface area contributed by atoms with Crippen molar-refractivity contribution in [2.75, 3.05) is 31.2 Å². The summed E-state index contributed by atoms with van der Waals surface area (Å²) in [5.74, 6) is 0. The number of anilines is 1. The lowest BCUT2D eigenvalue weighted by Gasteiger charge is -2.29. The van der Waals surface area contributed by atoms with E-state index in [0.717, 1.165) is 39.3 Å². The summed E-state index contributed by atoms with van der Waals surface area (Å²) in [6.45, 7) is 11.3. The van der Waals surface area contributed by atoms with Crippen LogP contribution in [0.3, 0.4) is 0 Å². The number of ether oxygens (including phenoxy) is 1. The molecule has 1 aliphatic rings. The summed E-state index contributed by atoms with van der Waals surface area (Å²) in [6.07, 6.45) is 1.14. The van der Waals surface area contributed by atoms with Gasteiger partial charge in [0, 0.05) is 30.9 Å². The van der Waals surface area contributed by atoms with Crippen molar-refractivity contribution in [2.24, 2.45) is 0 Å². The van der Waals surface area contributed by atoms with E-state index >= 15 is 0 Å². The maximum atomic E-state index is 5.38. The van der Waals surface area contributed by atoms with Crippen LogP contribution in [0.1, 0.15) is 32.8 Å². The van der Waals surface area contributed by atoms with Crippen LogP contribution in [0.15, 0.2) is 24.3 Å². The lowest BCUT2D eigenvalue weighted by atomic mass is 10.0. The van der Waals surface area contributed by atoms with E-state index in [9.17, 15) is 0 Å². The van der Waals surface area contributed by atoms with Crippen molar-refractivity contribution in [3.05, 3.63) is 29.8 Å². The van der Waals surface area contributed by atoms with Crippen LogP contribution in [0.25, 0.3) is 0 Å². The Labute approximate surface area is 116 Å². The number of morpholine rings is 1. The van der Waals surface area contributed by atoms with E-state index < -0.39 is 0 Å². The second-order valence-corrected chi connectivity index (χ2v) is 5.86. The van der Waals surface area contributed by atoms with Crippen molar-refractivity contribution in [2.45, 2.75) is 39.3 Å². The molecule has 0 amide bonds. The van der Waals surface area contributed by atoms with Crippen LogP contribution >= 0.6 is 0 Å². The highest BCUT2D eigenvalue weighted by Gasteiger charge is 2.14. The van der Waals surface area contributed by atoms with Crippen molar-refractivity contribution in [3.63, 3.8) is 0 Å². The van der Waals surface area contributed by atoms with Gasteiger partial charge in [0.1, 0.15) is 0 Å². The maximum absolute atomic E-state index is 5.38. The maximum Gasteiger partial charge on any atom is 0.0642 e. The fourth-order valence-corrected chi connectivity index (χ4v) is 2.11. The highest BCUT2D eigenvalue weighted by Crippen LogP contribution is 2.17. The van der Waals surface area contributed by atoms with Crippen LogP contribution in [-0.2, 0) is 11.3 Å². The van der Waals surface area contributed by atoms with Gasteiger partial charge in [-0.05, 0) is 38.0 Å². The molecule has 0 atom stereocenters. The van der Waals surface area contributed by atoms with Gasteiger partial charge in [-0.1, -0.05) is 19.1 Å². The number of nitrogens with one attached hydrogen (secondary N) is 1. The Kier molecular flexibility index (Phi) is 4.83. The molecule has 1 N–H and O–H groups in total. The Morgan fingerprint density at radius 2 is 1.79 bits per heavy atom. The minimum absolute atomic E-state index is 0.211. The summed E-state index contributed by atoms with van der Waals surface area (Å²) in [7, 11) is 0. The first-order valence-corrected chi connectivity index (χ1v) is 7.27. The fraction of sp³-hybridized carbons (Fsp3) is 0.625. The lowest BCUT2D eigenvalue weighted by Crippen LogP contribution is -2.38. The minimum Gasteiger partial charge on any atom is -0.378 e. The number of benzene rings is 1. The average molecular weight is 262 g/mol. The van der Waals surface area contributed by atoms with E-state index in [4.69, 9.17) is 4.74 Å². The molecule has 1 aromatic carbocycles. The summed E-state index contributed by atoms with van der Waals surface area (Å²) in [5.41, 5.74) is 2.86. The average Bonchev–Trinajstić information content (AvgIpc) is 2.47. The highest BCUT2D eigenvalue weighted by molar-refractivity contribution is 5.47. The Bertz CT molecular complexity index is 380. The number of hydrogen-bond donors (Lipinski definition) is 1. The standard InChI is InChI=1S/C16H26N2O/c1-4-16(2,3)17-13-14-5-7-15(8-6-14)18-9-11-19-12-10-18/h5-8,17H,4,9-13H2,1-3H3. The van der Waals surface area contributed by atoms with Gasteiger partial charge in [0.25, 0.3) is 0 Å². The molecule has 3 nitrogen and oxygen atoms in total. The molecule has 0 radical (unpaired) electrons. The molecule has 0 saturated carbocycles. The summed E-state index contributed by atoms with van der Waals surface area (Å²) >= 11 is 0. The first-order valence-electron chi connectivity index (χ1n) is 7.27. The summed E-state index contributed by atoms with van der Waals surface area (Å²) < 4.78 is 5.38. The van der Waals surface area contributed by atoms with E-state index in [1.165, 1.54) is 11.3 Å². The number of rotatable bonds is 5. The topological polar surface area (TPSA) is 24.5 Å². The SMILES string of the molecule is CCC(C)(C)NCc1ccc(N2CCOCC2)cc1. The van der Waals surface area contributed by atoms with E-state index in [1.807, 2.05) is 0 Å². The zero-order valence-corrected chi connectivity index (χ0v) is 12.4. The first-order chi connectivity index (χ1) is 9.11. The third-order valence-electron chi connectivity index (χ3n) is 3.97. The molecular formula is C16H26N2O.